The van der Waals surface area contributed by atoms with Gasteiger partial charge in [-0.05, 0) is 36.8 Å². The van der Waals surface area contributed by atoms with E-state index >= 15 is 0 Å². The first-order chi connectivity index (χ1) is 11.1. The highest BCUT2D eigenvalue weighted by Crippen LogP contribution is 2.23. The number of carbonyl (C=O) groups excluding carboxylic acids is 2. The lowest BCUT2D eigenvalue weighted by atomic mass is 9.93. The molecule has 2 aliphatic heterocycles. The summed E-state index contributed by atoms with van der Waals surface area (Å²) < 4.78 is 0. The number of hydrogen-bond acceptors (Lipinski definition) is 3. The molecular formula is C18H25N3O2. The molecule has 2 amide bonds. The van der Waals surface area contributed by atoms with Crippen LogP contribution in [0.5, 0.6) is 0 Å². The molecule has 0 aromatic heterocycles. The molecule has 0 saturated carbocycles. The van der Waals surface area contributed by atoms with Crippen molar-refractivity contribution < 1.29 is 9.59 Å². The van der Waals surface area contributed by atoms with E-state index in [1.807, 2.05) is 17.0 Å². The van der Waals surface area contributed by atoms with Crippen LogP contribution in [-0.4, -0.2) is 47.3 Å². The van der Waals surface area contributed by atoms with E-state index in [4.69, 9.17) is 5.73 Å². The van der Waals surface area contributed by atoms with E-state index in [1.54, 1.807) is 0 Å². The van der Waals surface area contributed by atoms with Crippen LogP contribution >= 0.6 is 0 Å². The zero-order valence-electron chi connectivity index (χ0n) is 13.5. The van der Waals surface area contributed by atoms with Crippen LogP contribution in [0, 0.1) is 0 Å². The quantitative estimate of drug-likeness (QED) is 0.911. The molecule has 124 valence electrons. The lowest BCUT2D eigenvalue weighted by Gasteiger charge is -2.35. The van der Waals surface area contributed by atoms with Crippen LogP contribution in [0.15, 0.2) is 24.3 Å². The number of rotatable bonds is 4. The van der Waals surface area contributed by atoms with Gasteiger partial charge in [0.15, 0.2) is 0 Å². The summed E-state index contributed by atoms with van der Waals surface area (Å²) in [5.74, 6) is -0.100. The van der Waals surface area contributed by atoms with Crippen LogP contribution in [0.3, 0.4) is 0 Å². The predicted molar refractivity (Wildman–Crippen MR) is 88.6 cm³/mol. The molecule has 2 N–H and O–H groups in total. The van der Waals surface area contributed by atoms with Crippen molar-refractivity contribution in [3.8, 4) is 0 Å². The predicted octanol–water partition coefficient (Wildman–Crippen LogP) is 1.30. The Balaban J connectivity index is 1.63. The molecule has 1 atom stereocenters. The molecule has 2 heterocycles. The van der Waals surface area contributed by atoms with Crippen LogP contribution in [0.1, 0.15) is 36.8 Å². The number of amides is 2. The first kappa shape index (κ1) is 16.0. The number of primary amides is 1. The van der Waals surface area contributed by atoms with Gasteiger partial charge in [0.05, 0.1) is 6.04 Å². The van der Waals surface area contributed by atoms with Crippen LogP contribution in [0.2, 0.25) is 0 Å². The summed E-state index contributed by atoms with van der Waals surface area (Å²) in [6.45, 7) is 3.04. The Hall–Kier alpha value is -1.88. The van der Waals surface area contributed by atoms with Crippen molar-refractivity contribution >= 4 is 11.8 Å². The van der Waals surface area contributed by atoms with Gasteiger partial charge in [-0.25, -0.2) is 0 Å². The second kappa shape index (κ2) is 7.13. The van der Waals surface area contributed by atoms with E-state index in [1.165, 1.54) is 17.5 Å². The van der Waals surface area contributed by atoms with E-state index in [0.29, 0.717) is 25.9 Å². The molecule has 5 nitrogen and oxygen atoms in total. The summed E-state index contributed by atoms with van der Waals surface area (Å²) in [6, 6.07) is 7.85. The van der Waals surface area contributed by atoms with Gasteiger partial charge in [0, 0.05) is 32.6 Å². The van der Waals surface area contributed by atoms with E-state index in [0.717, 1.165) is 25.9 Å². The third kappa shape index (κ3) is 3.72. The number of benzene rings is 1. The number of hydrogen-bond donors (Lipinski definition) is 1. The third-order valence-electron chi connectivity index (χ3n) is 5.00. The van der Waals surface area contributed by atoms with Crippen molar-refractivity contribution in [1.82, 2.24) is 9.80 Å². The molecule has 5 heteroatoms. The Morgan fingerprint density at radius 2 is 1.78 bits per heavy atom. The molecule has 1 fully saturated rings. The lowest BCUT2D eigenvalue weighted by Crippen LogP contribution is -2.49. The Bertz CT molecular complexity index is 581. The number of likely N-dealkylation sites (tertiary alicyclic amines) is 1. The van der Waals surface area contributed by atoms with Crippen molar-refractivity contribution in [1.29, 1.82) is 0 Å². The average Bonchev–Trinajstić information content (AvgIpc) is 2.59. The van der Waals surface area contributed by atoms with Gasteiger partial charge in [0.1, 0.15) is 0 Å². The first-order valence-electron chi connectivity index (χ1n) is 8.53. The molecule has 0 spiro atoms. The molecule has 23 heavy (non-hydrogen) atoms. The van der Waals surface area contributed by atoms with E-state index in [2.05, 4.69) is 17.0 Å². The minimum Gasteiger partial charge on any atom is -0.368 e. The summed E-state index contributed by atoms with van der Waals surface area (Å²) in [5.41, 5.74) is 8.01. The van der Waals surface area contributed by atoms with Crippen molar-refractivity contribution in [2.45, 2.75) is 44.7 Å². The maximum Gasteiger partial charge on any atom is 0.235 e. The van der Waals surface area contributed by atoms with Gasteiger partial charge in [-0.2, -0.15) is 0 Å². The number of fused-ring (bicyclic) bond motifs is 1. The van der Waals surface area contributed by atoms with Gasteiger partial charge in [-0.15, -0.1) is 0 Å². The summed E-state index contributed by atoms with van der Waals surface area (Å²) in [4.78, 5) is 28.2. The SMILES string of the molecule is NC(=O)[C@@H]1Cc2ccccc2CN1CCC(=O)N1CCCCC1. The van der Waals surface area contributed by atoms with Gasteiger partial charge >= 0.3 is 0 Å². The average molecular weight is 315 g/mol. The standard InChI is InChI=1S/C18H25N3O2/c19-18(23)16-12-14-6-2-3-7-15(14)13-21(16)11-8-17(22)20-9-4-1-5-10-20/h2-3,6-7,16H,1,4-5,8-13H2,(H2,19,23)/t16-/m0/s1. The normalized spacial score (nSPS) is 21.7. The lowest BCUT2D eigenvalue weighted by molar-refractivity contribution is -0.133. The van der Waals surface area contributed by atoms with Crippen molar-refractivity contribution in [2.24, 2.45) is 5.73 Å². The smallest absolute Gasteiger partial charge is 0.235 e. The van der Waals surface area contributed by atoms with Crippen LogP contribution in [0.25, 0.3) is 0 Å². The summed E-state index contributed by atoms with van der Waals surface area (Å²) in [5, 5.41) is 0. The number of nitrogens with two attached hydrogens (primary N) is 1. The van der Waals surface area contributed by atoms with Crippen molar-refractivity contribution in [3.05, 3.63) is 35.4 Å². The highest BCUT2D eigenvalue weighted by molar-refractivity contribution is 5.81. The van der Waals surface area contributed by atoms with E-state index in [9.17, 15) is 9.59 Å². The number of nitrogens with zero attached hydrogens (tertiary/aromatic N) is 2. The van der Waals surface area contributed by atoms with Crippen LogP contribution < -0.4 is 5.73 Å². The molecule has 1 aromatic carbocycles. The second-order valence-electron chi connectivity index (χ2n) is 6.55. The molecule has 3 rings (SSSR count). The van der Waals surface area contributed by atoms with Gasteiger partial charge in [-0.1, -0.05) is 24.3 Å². The maximum absolute atomic E-state index is 12.3. The topological polar surface area (TPSA) is 66.6 Å². The summed E-state index contributed by atoms with van der Waals surface area (Å²) in [7, 11) is 0. The Morgan fingerprint density at radius 3 is 2.48 bits per heavy atom. The molecule has 2 aliphatic rings. The molecular weight excluding hydrogens is 290 g/mol. The van der Waals surface area contributed by atoms with Crippen LogP contribution in [-0.2, 0) is 22.6 Å². The molecule has 0 radical (unpaired) electrons. The zero-order chi connectivity index (χ0) is 16.2. The minimum absolute atomic E-state index is 0.201. The summed E-state index contributed by atoms with van der Waals surface area (Å²) in [6.07, 6.45) is 4.53. The largest absolute Gasteiger partial charge is 0.368 e. The fourth-order valence-corrected chi connectivity index (χ4v) is 3.63. The van der Waals surface area contributed by atoms with Gasteiger partial charge in [-0.3, -0.25) is 14.5 Å². The molecule has 0 aliphatic carbocycles. The fourth-order valence-electron chi connectivity index (χ4n) is 3.63. The number of piperidine rings is 1. The second-order valence-corrected chi connectivity index (χ2v) is 6.55. The minimum atomic E-state index is -0.306. The van der Waals surface area contributed by atoms with E-state index in [-0.39, 0.29) is 17.9 Å². The molecule has 1 aromatic rings. The zero-order valence-corrected chi connectivity index (χ0v) is 13.5. The highest BCUT2D eigenvalue weighted by atomic mass is 16.2. The Morgan fingerprint density at radius 1 is 1.09 bits per heavy atom. The van der Waals surface area contributed by atoms with Crippen molar-refractivity contribution in [2.75, 3.05) is 19.6 Å². The first-order valence-corrected chi connectivity index (χ1v) is 8.53. The van der Waals surface area contributed by atoms with Gasteiger partial charge < -0.3 is 10.6 Å². The molecule has 0 bridgehead atoms. The Kier molecular flexibility index (Phi) is 4.96. The fraction of sp³-hybridized carbons (Fsp3) is 0.556. The maximum atomic E-state index is 12.3. The van der Waals surface area contributed by atoms with Gasteiger partial charge in [0.25, 0.3) is 0 Å². The van der Waals surface area contributed by atoms with Crippen molar-refractivity contribution in [3.63, 3.8) is 0 Å². The van der Waals surface area contributed by atoms with Gasteiger partial charge in [0.2, 0.25) is 11.8 Å². The summed E-state index contributed by atoms with van der Waals surface area (Å²) >= 11 is 0. The highest BCUT2D eigenvalue weighted by Gasteiger charge is 2.30. The molecule has 1 saturated heterocycles. The van der Waals surface area contributed by atoms with E-state index < -0.39 is 0 Å². The Labute approximate surface area is 137 Å². The number of carbonyl (C=O) groups is 2. The third-order valence-corrected chi connectivity index (χ3v) is 5.00. The van der Waals surface area contributed by atoms with Crippen LogP contribution in [0.4, 0.5) is 0 Å². The molecule has 0 unspecified atom stereocenters. The monoisotopic (exact) mass is 315 g/mol.